The lowest BCUT2D eigenvalue weighted by Gasteiger charge is -2.12. The minimum atomic E-state index is -0.310. The molecule has 0 aliphatic rings. The molecule has 1 heterocycles. The summed E-state index contributed by atoms with van der Waals surface area (Å²) in [6.45, 7) is 4.51. The largest absolute Gasteiger partial charge is 0.370 e. The quantitative estimate of drug-likeness (QED) is 0.799. The number of primary amides is 1. The number of rotatable bonds is 6. The van der Waals surface area contributed by atoms with Crippen molar-refractivity contribution in [3.8, 4) is 0 Å². The molecule has 0 spiro atoms. The first kappa shape index (κ1) is 14.0. The van der Waals surface area contributed by atoms with E-state index < -0.39 is 0 Å². The van der Waals surface area contributed by atoms with Gasteiger partial charge in [-0.05, 0) is 13.3 Å². The molecule has 0 aliphatic heterocycles. The maximum atomic E-state index is 10.7. The van der Waals surface area contributed by atoms with Crippen molar-refractivity contribution < 1.29 is 4.79 Å². The van der Waals surface area contributed by atoms with Gasteiger partial charge in [0.15, 0.2) is 0 Å². The van der Waals surface area contributed by atoms with Crippen LogP contribution in [0.5, 0.6) is 0 Å². The van der Waals surface area contributed by atoms with Crippen LogP contribution in [-0.4, -0.2) is 21.7 Å². The number of amides is 1. The Labute approximate surface area is 106 Å². The van der Waals surface area contributed by atoms with Gasteiger partial charge in [-0.3, -0.25) is 9.48 Å². The minimum absolute atomic E-state index is 0.0311. The van der Waals surface area contributed by atoms with E-state index in [4.69, 9.17) is 17.3 Å². The van der Waals surface area contributed by atoms with Crippen LogP contribution in [-0.2, 0) is 24.8 Å². The van der Waals surface area contributed by atoms with Crippen LogP contribution in [0, 0.1) is 0 Å². The fraction of sp³-hybridized carbons (Fsp3) is 0.636. The minimum Gasteiger partial charge on any atom is -0.370 e. The van der Waals surface area contributed by atoms with Crippen LogP contribution in [0.3, 0.4) is 0 Å². The van der Waals surface area contributed by atoms with E-state index in [2.05, 4.69) is 10.4 Å². The molecular formula is C11H19ClN4O. The number of nitrogens with two attached hydrogens (primary N) is 1. The van der Waals surface area contributed by atoms with E-state index in [0.717, 1.165) is 17.8 Å². The Morgan fingerprint density at radius 2 is 2.29 bits per heavy atom. The number of halogens is 1. The van der Waals surface area contributed by atoms with Gasteiger partial charge >= 0.3 is 0 Å². The molecular weight excluding hydrogens is 240 g/mol. The first-order valence-electron chi connectivity index (χ1n) is 5.67. The number of nitrogens with zero attached hydrogens (tertiary/aromatic N) is 2. The Morgan fingerprint density at radius 1 is 1.65 bits per heavy atom. The van der Waals surface area contributed by atoms with Crippen molar-refractivity contribution in [1.29, 1.82) is 0 Å². The van der Waals surface area contributed by atoms with Crippen molar-refractivity contribution in [3.63, 3.8) is 0 Å². The number of hydrogen-bond donors (Lipinski definition) is 2. The van der Waals surface area contributed by atoms with E-state index in [-0.39, 0.29) is 11.9 Å². The van der Waals surface area contributed by atoms with Gasteiger partial charge in [-0.1, -0.05) is 18.5 Å². The van der Waals surface area contributed by atoms with Gasteiger partial charge in [-0.2, -0.15) is 5.10 Å². The third-order valence-electron chi connectivity index (χ3n) is 2.63. The molecule has 96 valence electrons. The Bertz CT molecular complexity index is 402. The molecule has 1 unspecified atom stereocenters. The molecule has 1 amide bonds. The van der Waals surface area contributed by atoms with Crippen molar-refractivity contribution >= 4 is 17.5 Å². The third-order valence-corrected chi connectivity index (χ3v) is 3.06. The molecule has 5 nitrogen and oxygen atoms in total. The molecule has 0 saturated carbocycles. The Balaban J connectivity index is 2.63. The smallest absolute Gasteiger partial charge is 0.218 e. The molecule has 0 aromatic carbocycles. The van der Waals surface area contributed by atoms with Crippen LogP contribution in [0.1, 0.15) is 31.7 Å². The van der Waals surface area contributed by atoms with E-state index in [1.807, 2.05) is 20.9 Å². The first-order valence-corrected chi connectivity index (χ1v) is 6.05. The van der Waals surface area contributed by atoms with Crippen molar-refractivity contribution in [2.75, 3.05) is 0 Å². The van der Waals surface area contributed by atoms with Gasteiger partial charge < -0.3 is 11.1 Å². The van der Waals surface area contributed by atoms with Crippen molar-refractivity contribution in [2.24, 2.45) is 12.8 Å². The average Bonchev–Trinajstić information content (AvgIpc) is 2.50. The molecule has 1 aromatic heterocycles. The van der Waals surface area contributed by atoms with Gasteiger partial charge in [0.05, 0.1) is 16.4 Å². The Kier molecular flexibility index (Phi) is 4.96. The first-order chi connectivity index (χ1) is 7.95. The van der Waals surface area contributed by atoms with E-state index in [9.17, 15) is 4.79 Å². The zero-order valence-corrected chi connectivity index (χ0v) is 11.2. The summed E-state index contributed by atoms with van der Waals surface area (Å²) in [7, 11) is 1.86. The van der Waals surface area contributed by atoms with Gasteiger partial charge in [-0.25, -0.2) is 0 Å². The second-order valence-electron chi connectivity index (χ2n) is 4.14. The van der Waals surface area contributed by atoms with Crippen LogP contribution >= 0.6 is 11.6 Å². The molecule has 1 atom stereocenters. The summed E-state index contributed by atoms with van der Waals surface area (Å²) in [6.07, 6.45) is 1.12. The summed E-state index contributed by atoms with van der Waals surface area (Å²) in [5.41, 5.74) is 6.95. The Morgan fingerprint density at radius 3 is 2.76 bits per heavy atom. The number of carbonyl (C=O) groups excluding carboxylic acids is 1. The van der Waals surface area contributed by atoms with Crippen LogP contribution in [0.4, 0.5) is 0 Å². The predicted octanol–water partition coefficient (Wildman–Crippen LogP) is 0.989. The highest BCUT2D eigenvalue weighted by Crippen LogP contribution is 2.20. The molecule has 0 bridgehead atoms. The molecule has 17 heavy (non-hydrogen) atoms. The molecule has 1 aromatic rings. The summed E-state index contributed by atoms with van der Waals surface area (Å²) in [6, 6.07) is 0.0311. The van der Waals surface area contributed by atoms with E-state index in [1.165, 1.54) is 0 Å². The zero-order valence-electron chi connectivity index (χ0n) is 10.5. The van der Waals surface area contributed by atoms with Crippen LogP contribution in [0.15, 0.2) is 0 Å². The second kappa shape index (κ2) is 6.02. The normalized spacial score (nSPS) is 12.7. The number of hydrogen-bond acceptors (Lipinski definition) is 3. The van der Waals surface area contributed by atoms with Crippen molar-refractivity contribution in [1.82, 2.24) is 15.1 Å². The highest BCUT2D eigenvalue weighted by molar-refractivity contribution is 6.31. The highest BCUT2D eigenvalue weighted by atomic mass is 35.5. The third kappa shape index (κ3) is 3.71. The number of nitrogens with one attached hydrogen (secondary N) is 1. The maximum Gasteiger partial charge on any atom is 0.218 e. The van der Waals surface area contributed by atoms with Crippen LogP contribution < -0.4 is 11.1 Å². The summed E-state index contributed by atoms with van der Waals surface area (Å²) in [5, 5.41) is 8.23. The summed E-state index contributed by atoms with van der Waals surface area (Å²) in [5.74, 6) is -0.310. The number of aromatic nitrogens is 2. The lowest BCUT2D eigenvalue weighted by atomic mass is 10.2. The molecule has 0 aliphatic carbocycles. The SMILES string of the molecule is CCc1nn(C)c(CNC(C)CC(N)=O)c1Cl. The summed E-state index contributed by atoms with van der Waals surface area (Å²) < 4.78 is 1.77. The van der Waals surface area contributed by atoms with Crippen molar-refractivity contribution in [2.45, 2.75) is 39.3 Å². The van der Waals surface area contributed by atoms with Gasteiger partial charge in [-0.15, -0.1) is 0 Å². The Hall–Kier alpha value is -1.07. The molecule has 3 N–H and O–H groups in total. The standard InChI is InChI=1S/C11H19ClN4O/c1-4-8-11(12)9(16(3)15-8)6-14-7(2)5-10(13)17/h7,14H,4-6H2,1-3H3,(H2,13,17). The lowest BCUT2D eigenvalue weighted by molar-refractivity contribution is -0.118. The van der Waals surface area contributed by atoms with Crippen LogP contribution in [0.25, 0.3) is 0 Å². The average molecular weight is 259 g/mol. The number of carbonyl (C=O) groups is 1. The van der Waals surface area contributed by atoms with Crippen molar-refractivity contribution in [3.05, 3.63) is 16.4 Å². The molecule has 0 radical (unpaired) electrons. The zero-order chi connectivity index (χ0) is 13.0. The van der Waals surface area contributed by atoms with Crippen LogP contribution in [0.2, 0.25) is 5.02 Å². The predicted molar refractivity (Wildman–Crippen MR) is 67.7 cm³/mol. The molecule has 0 saturated heterocycles. The van der Waals surface area contributed by atoms with Gasteiger partial charge in [0.25, 0.3) is 0 Å². The van der Waals surface area contributed by atoms with Gasteiger partial charge in [0, 0.05) is 26.1 Å². The van der Waals surface area contributed by atoms with E-state index in [0.29, 0.717) is 18.0 Å². The molecule has 6 heteroatoms. The second-order valence-corrected chi connectivity index (χ2v) is 4.51. The van der Waals surface area contributed by atoms with Gasteiger partial charge in [0.2, 0.25) is 5.91 Å². The summed E-state index contributed by atoms with van der Waals surface area (Å²) in [4.78, 5) is 10.7. The monoisotopic (exact) mass is 258 g/mol. The topological polar surface area (TPSA) is 72.9 Å². The summed E-state index contributed by atoms with van der Waals surface area (Å²) >= 11 is 6.20. The fourth-order valence-corrected chi connectivity index (χ4v) is 2.02. The highest BCUT2D eigenvalue weighted by Gasteiger charge is 2.14. The van der Waals surface area contributed by atoms with Gasteiger partial charge in [0.1, 0.15) is 0 Å². The number of aryl methyl sites for hydroxylation is 2. The fourth-order valence-electron chi connectivity index (χ4n) is 1.66. The maximum absolute atomic E-state index is 10.7. The van der Waals surface area contributed by atoms with E-state index in [1.54, 1.807) is 4.68 Å². The van der Waals surface area contributed by atoms with E-state index >= 15 is 0 Å². The molecule has 1 rings (SSSR count). The molecule has 0 fully saturated rings. The lowest BCUT2D eigenvalue weighted by Crippen LogP contribution is -2.31.